The lowest BCUT2D eigenvalue weighted by Crippen LogP contribution is -2.33. The highest BCUT2D eigenvalue weighted by Crippen LogP contribution is 2.31. The van der Waals surface area contributed by atoms with Crippen LogP contribution in [0.3, 0.4) is 0 Å². The maximum absolute atomic E-state index is 11.7. The third-order valence-corrected chi connectivity index (χ3v) is 4.82. The van der Waals surface area contributed by atoms with Gasteiger partial charge in [0.25, 0.3) is 5.91 Å². The summed E-state index contributed by atoms with van der Waals surface area (Å²) in [6, 6.07) is 0. The number of nitrogens with zero attached hydrogens (tertiary/aromatic N) is 2. The van der Waals surface area contributed by atoms with E-state index in [1.807, 2.05) is 0 Å². The van der Waals surface area contributed by atoms with E-state index in [-0.39, 0.29) is 17.3 Å². The topological polar surface area (TPSA) is 131 Å². The third kappa shape index (κ3) is 3.55. The van der Waals surface area contributed by atoms with Crippen LogP contribution in [0, 0.1) is 17.8 Å². The molecule has 0 aromatic carbocycles. The first-order chi connectivity index (χ1) is 12.0. The van der Waals surface area contributed by atoms with E-state index >= 15 is 0 Å². The fourth-order valence-electron chi connectivity index (χ4n) is 3.39. The number of carbonyl (C=O) groups excluding carboxylic acids is 1. The molecule has 2 fully saturated rings. The van der Waals surface area contributed by atoms with Crippen LogP contribution in [-0.4, -0.2) is 55.7 Å². The number of amides is 1. The van der Waals surface area contributed by atoms with Crippen molar-refractivity contribution in [3.8, 4) is 11.8 Å². The quantitative estimate of drug-likeness (QED) is 0.546. The van der Waals surface area contributed by atoms with Crippen molar-refractivity contribution in [2.45, 2.75) is 56.6 Å². The Morgan fingerprint density at radius 3 is 2.64 bits per heavy atom. The minimum atomic E-state index is -1.28. The van der Waals surface area contributed by atoms with Gasteiger partial charge in [0.15, 0.2) is 11.9 Å². The Morgan fingerprint density at radius 2 is 2.04 bits per heavy atom. The smallest absolute Gasteiger partial charge is 0.270 e. The van der Waals surface area contributed by atoms with E-state index in [0.29, 0.717) is 0 Å². The van der Waals surface area contributed by atoms with Crippen LogP contribution in [0.1, 0.15) is 54.5 Å². The standard InChI is InChI=1S/C17H23N3O5/c18-16(24)13-11(7-6-10-4-2-1-3-5-10)20(9-19-13)17-15(23)14(22)12(8-21)25-17/h9-10,12,14-15,17,21-23H,1-5,8H2,(H2,18,24)/t12-,14-,15-,17?/m1/s1. The summed E-state index contributed by atoms with van der Waals surface area (Å²) >= 11 is 0. The molecule has 1 aromatic rings. The van der Waals surface area contributed by atoms with E-state index in [9.17, 15) is 20.1 Å². The predicted octanol–water partition coefficient (Wildman–Crippen LogP) is -0.475. The highest BCUT2D eigenvalue weighted by atomic mass is 16.6. The normalized spacial score (nSPS) is 30.0. The number of primary amides is 1. The molecule has 0 radical (unpaired) electrons. The molecule has 1 aliphatic carbocycles. The summed E-state index contributed by atoms with van der Waals surface area (Å²) in [5.74, 6) is 5.67. The molecule has 136 valence electrons. The fraction of sp³-hybridized carbons (Fsp3) is 0.647. The van der Waals surface area contributed by atoms with Crippen molar-refractivity contribution in [2.75, 3.05) is 6.61 Å². The number of imidazole rings is 1. The first-order valence-corrected chi connectivity index (χ1v) is 8.53. The van der Waals surface area contributed by atoms with Crippen molar-refractivity contribution in [1.82, 2.24) is 9.55 Å². The molecular weight excluding hydrogens is 326 g/mol. The molecule has 0 bridgehead atoms. The van der Waals surface area contributed by atoms with Crippen molar-refractivity contribution in [3.05, 3.63) is 17.7 Å². The first-order valence-electron chi connectivity index (χ1n) is 8.53. The molecule has 8 nitrogen and oxygen atoms in total. The van der Waals surface area contributed by atoms with Crippen LogP contribution >= 0.6 is 0 Å². The second-order valence-electron chi connectivity index (χ2n) is 6.55. The Kier molecular flexibility index (Phi) is 5.39. The second kappa shape index (κ2) is 7.54. The largest absolute Gasteiger partial charge is 0.394 e. The number of hydrogen-bond donors (Lipinski definition) is 4. The van der Waals surface area contributed by atoms with Crippen molar-refractivity contribution >= 4 is 5.91 Å². The Balaban J connectivity index is 1.92. The summed E-state index contributed by atoms with van der Waals surface area (Å²) in [5.41, 5.74) is 5.63. The Bertz CT molecular complexity index is 686. The van der Waals surface area contributed by atoms with E-state index in [1.165, 1.54) is 17.3 Å². The van der Waals surface area contributed by atoms with Crippen molar-refractivity contribution in [2.24, 2.45) is 11.7 Å². The number of nitrogens with two attached hydrogens (primary N) is 1. The van der Waals surface area contributed by atoms with E-state index in [0.717, 1.165) is 25.7 Å². The molecule has 3 rings (SSSR count). The molecule has 1 aromatic heterocycles. The van der Waals surface area contributed by atoms with Gasteiger partial charge in [0, 0.05) is 5.92 Å². The molecule has 2 heterocycles. The van der Waals surface area contributed by atoms with E-state index < -0.39 is 37.1 Å². The Morgan fingerprint density at radius 1 is 1.32 bits per heavy atom. The van der Waals surface area contributed by atoms with Gasteiger partial charge >= 0.3 is 0 Å². The van der Waals surface area contributed by atoms with Gasteiger partial charge in [0.2, 0.25) is 0 Å². The zero-order chi connectivity index (χ0) is 18.0. The number of carbonyl (C=O) groups is 1. The lowest BCUT2D eigenvalue weighted by Gasteiger charge is -2.18. The molecule has 2 aliphatic rings. The van der Waals surface area contributed by atoms with Gasteiger partial charge in [-0.25, -0.2) is 4.98 Å². The molecule has 25 heavy (non-hydrogen) atoms. The fourth-order valence-corrected chi connectivity index (χ4v) is 3.39. The molecule has 0 spiro atoms. The maximum atomic E-state index is 11.7. The van der Waals surface area contributed by atoms with Crippen molar-refractivity contribution in [1.29, 1.82) is 0 Å². The van der Waals surface area contributed by atoms with Crippen molar-refractivity contribution < 1.29 is 24.9 Å². The average molecular weight is 349 g/mol. The van der Waals surface area contributed by atoms with Crippen LogP contribution in [-0.2, 0) is 4.74 Å². The van der Waals surface area contributed by atoms with E-state index in [2.05, 4.69) is 16.8 Å². The average Bonchev–Trinajstić information content (AvgIpc) is 3.16. The summed E-state index contributed by atoms with van der Waals surface area (Å²) in [7, 11) is 0. The minimum absolute atomic E-state index is 0.000970. The van der Waals surface area contributed by atoms with Crippen LogP contribution in [0.15, 0.2) is 6.33 Å². The Hall–Kier alpha value is -1.92. The molecular formula is C17H23N3O5. The van der Waals surface area contributed by atoms with Crippen LogP contribution in [0.25, 0.3) is 0 Å². The lowest BCUT2D eigenvalue weighted by atomic mass is 9.90. The highest BCUT2D eigenvalue weighted by Gasteiger charge is 2.44. The van der Waals surface area contributed by atoms with Gasteiger partial charge in [-0.2, -0.15) is 0 Å². The van der Waals surface area contributed by atoms with E-state index in [1.54, 1.807) is 0 Å². The molecule has 5 N–H and O–H groups in total. The first kappa shape index (κ1) is 17.9. The summed E-state index contributed by atoms with van der Waals surface area (Å²) in [6.45, 7) is -0.435. The van der Waals surface area contributed by atoms with Gasteiger partial charge in [-0.15, -0.1) is 0 Å². The van der Waals surface area contributed by atoms with Crippen LogP contribution in [0.2, 0.25) is 0 Å². The van der Waals surface area contributed by atoms with Gasteiger partial charge < -0.3 is 25.8 Å². The summed E-state index contributed by atoms with van der Waals surface area (Å²) in [5, 5.41) is 29.4. The molecule has 1 amide bonds. The number of ether oxygens (including phenoxy) is 1. The van der Waals surface area contributed by atoms with E-state index in [4.69, 9.17) is 10.5 Å². The second-order valence-corrected chi connectivity index (χ2v) is 6.55. The number of aliphatic hydroxyl groups is 3. The van der Waals surface area contributed by atoms with Crippen molar-refractivity contribution in [3.63, 3.8) is 0 Å². The van der Waals surface area contributed by atoms with Gasteiger partial charge in [0.1, 0.15) is 24.0 Å². The molecule has 1 unspecified atom stereocenters. The maximum Gasteiger partial charge on any atom is 0.270 e. The minimum Gasteiger partial charge on any atom is -0.394 e. The molecule has 8 heteroatoms. The predicted molar refractivity (Wildman–Crippen MR) is 87.2 cm³/mol. The highest BCUT2D eigenvalue weighted by molar-refractivity contribution is 5.93. The van der Waals surface area contributed by atoms with Gasteiger partial charge in [-0.1, -0.05) is 25.2 Å². The molecule has 4 atom stereocenters. The number of aromatic nitrogens is 2. The number of hydrogen-bond acceptors (Lipinski definition) is 6. The zero-order valence-electron chi connectivity index (χ0n) is 13.8. The molecule has 1 saturated heterocycles. The monoisotopic (exact) mass is 349 g/mol. The summed E-state index contributed by atoms with van der Waals surface area (Å²) in [4.78, 5) is 15.6. The van der Waals surface area contributed by atoms with Gasteiger partial charge in [0.05, 0.1) is 12.9 Å². The van der Waals surface area contributed by atoms with Crippen LogP contribution in [0.4, 0.5) is 0 Å². The third-order valence-electron chi connectivity index (χ3n) is 4.82. The summed E-state index contributed by atoms with van der Waals surface area (Å²) in [6.07, 6.45) is 2.39. The zero-order valence-corrected chi connectivity index (χ0v) is 13.8. The SMILES string of the molecule is NC(=O)c1ncn(C2O[C@H](CO)[C@@H](O)[C@H]2O)c1C#CC1CCCCC1. The number of aliphatic hydroxyl groups excluding tert-OH is 3. The van der Waals surface area contributed by atoms with Gasteiger partial charge in [-0.3, -0.25) is 9.36 Å². The molecule has 1 saturated carbocycles. The molecule has 1 aliphatic heterocycles. The Labute approximate surface area is 145 Å². The lowest BCUT2D eigenvalue weighted by molar-refractivity contribution is -0.0531. The summed E-state index contributed by atoms with van der Waals surface area (Å²) < 4.78 is 6.90. The number of rotatable bonds is 3. The van der Waals surface area contributed by atoms with Crippen LogP contribution in [0.5, 0.6) is 0 Å². The van der Waals surface area contributed by atoms with Crippen LogP contribution < -0.4 is 5.73 Å². The van der Waals surface area contributed by atoms with Gasteiger partial charge in [-0.05, 0) is 18.8 Å².